The number of aryl methyl sites for hydroxylation is 2. The van der Waals surface area contributed by atoms with E-state index in [0.717, 1.165) is 6.42 Å². The molecule has 2 rings (SSSR count). The first-order chi connectivity index (χ1) is 9.00. The quantitative estimate of drug-likeness (QED) is 0.873. The van der Waals surface area contributed by atoms with Crippen molar-refractivity contribution in [2.75, 3.05) is 0 Å². The summed E-state index contributed by atoms with van der Waals surface area (Å²) >= 11 is 0. The predicted molar refractivity (Wildman–Crippen MR) is 82.5 cm³/mol. The van der Waals surface area contributed by atoms with Crippen molar-refractivity contribution in [2.24, 2.45) is 5.73 Å². The summed E-state index contributed by atoms with van der Waals surface area (Å²) in [6.07, 6.45) is 0.894. The van der Waals surface area contributed by atoms with E-state index in [0.29, 0.717) is 0 Å². The molecule has 0 amide bonds. The Labute approximate surface area is 116 Å². The highest BCUT2D eigenvalue weighted by molar-refractivity contribution is 5.46. The van der Waals surface area contributed by atoms with Crippen LogP contribution in [0.5, 0.6) is 0 Å². The lowest BCUT2D eigenvalue weighted by atomic mass is 9.87. The van der Waals surface area contributed by atoms with E-state index < -0.39 is 0 Å². The van der Waals surface area contributed by atoms with Crippen LogP contribution in [0.2, 0.25) is 0 Å². The zero-order chi connectivity index (χ0) is 14.0. The maximum absolute atomic E-state index is 6.47. The molecule has 100 valence electrons. The molecule has 0 saturated heterocycles. The standard InChI is InChI=1S/C18H23N/c1-12-10-13(2)15(4)18(14(12)3)17(19)11-16-8-6-5-7-9-16/h5-10,17H,11,19H2,1-4H3. The van der Waals surface area contributed by atoms with E-state index in [-0.39, 0.29) is 6.04 Å². The second-order valence-corrected chi connectivity index (χ2v) is 5.47. The Balaban J connectivity index is 2.36. The highest BCUT2D eigenvalue weighted by atomic mass is 14.6. The molecule has 1 atom stereocenters. The Morgan fingerprint density at radius 3 is 1.95 bits per heavy atom. The van der Waals surface area contributed by atoms with Gasteiger partial charge in [-0.25, -0.2) is 0 Å². The Hall–Kier alpha value is -1.60. The van der Waals surface area contributed by atoms with Crippen LogP contribution in [-0.4, -0.2) is 0 Å². The van der Waals surface area contributed by atoms with Gasteiger partial charge in [0.1, 0.15) is 0 Å². The molecule has 1 heteroatoms. The van der Waals surface area contributed by atoms with Crippen LogP contribution in [-0.2, 0) is 6.42 Å². The molecule has 0 aliphatic heterocycles. The van der Waals surface area contributed by atoms with Gasteiger partial charge in [-0.1, -0.05) is 36.4 Å². The van der Waals surface area contributed by atoms with Gasteiger partial charge in [-0.2, -0.15) is 0 Å². The summed E-state index contributed by atoms with van der Waals surface area (Å²) < 4.78 is 0. The molecule has 0 radical (unpaired) electrons. The number of rotatable bonds is 3. The minimum Gasteiger partial charge on any atom is -0.324 e. The van der Waals surface area contributed by atoms with Gasteiger partial charge in [0.15, 0.2) is 0 Å². The van der Waals surface area contributed by atoms with Crippen LogP contribution in [0.1, 0.15) is 39.4 Å². The summed E-state index contributed by atoms with van der Waals surface area (Å²) in [6, 6.07) is 12.8. The van der Waals surface area contributed by atoms with E-state index in [1.54, 1.807) is 0 Å². The van der Waals surface area contributed by atoms with Crippen molar-refractivity contribution in [1.82, 2.24) is 0 Å². The molecule has 0 fully saturated rings. The average molecular weight is 253 g/mol. The van der Waals surface area contributed by atoms with Gasteiger partial charge in [-0.05, 0) is 67.5 Å². The first kappa shape index (κ1) is 13.8. The van der Waals surface area contributed by atoms with Gasteiger partial charge in [0.2, 0.25) is 0 Å². The van der Waals surface area contributed by atoms with Gasteiger partial charge in [0.05, 0.1) is 0 Å². The van der Waals surface area contributed by atoms with Crippen LogP contribution in [0.15, 0.2) is 36.4 Å². The minimum absolute atomic E-state index is 0.0704. The summed E-state index contributed by atoms with van der Waals surface area (Å²) in [5.74, 6) is 0. The molecule has 0 bridgehead atoms. The summed E-state index contributed by atoms with van der Waals surface area (Å²) in [5, 5.41) is 0. The number of hydrogen-bond donors (Lipinski definition) is 1. The first-order valence-corrected chi connectivity index (χ1v) is 6.87. The summed E-state index contributed by atoms with van der Waals surface area (Å²) in [6.45, 7) is 8.70. The fourth-order valence-electron chi connectivity index (χ4n) is 2.77. The normalized spacial score (nSPS) is 12.5. The lowest BCUT2D eigenvalue weighted by Crippen LogP contribution is -2.17. The number of benzene rings is 2. The van der Waals surface area contributed by atoms with Crippen molar-refractivity contribution in [1.29, 1.82) is 0 Å². The van der Waals surface area contributed by atoms with Crippen LogP contribution in [0, 0.1) is 27.7 Å². The minimum atomic E-state index is 0.0704. The van der Waals surface area contributed by atoms with E-state index in [1.807, 2.05) is 6.07 Å². The third-order valence-corrected chi connectivity index (χ3v) is 4.09. The van der Waals surface area contributed by atoms with Gasteiger partial charge in [-0.15, -0.1) is 0 Å². The largest absolute Gasteiger partial charge is 0.324 e. The monoisotopic (exact) mass is 253 g/mol. The second kappa shape index (κ2) is 5.58. The molecule has 0 heterocycles. The zero-order valence-electron chi connectivity index (χ0n) is 12.3. The molecule has 0 saturated carbocycles. The fourth-order valence-corrected chi connectivity index (χ4v) is 2.77. The smallest absolute Gasteiger partial charge is 0.0341 e. The molecule has 19 heavy (non-hydrogen) atoms. The molecule has 1 unspecified atom stereocenters. The zero-order valence-corrected chi connectivity index (χ0v) is 12.3. The van der Waals surface area contributed by atoms with E-state index in [2.05, 4.69) is 58.0 Å². The van der Waals surface area contributed by atoms with E-state index in [9.17, 15) is 0 Å². The van der Waals surface area contributed by atoms with Crippen molar-refractivity contribution in [3.63, 3.8) is 0 Å². The van der Waals surface area contributed by atoms with Gasteiger partial charge < -0.3 is 5.73 Å². The summed E-state index contributed by atoms with van der Waals surface area (Å²) in [4.78, 5) is 0. The van der Waals surface area contributed by atoms with Crippen molar-refractivity contribution in [3.05, 3.63) is 69.8 Å². The van der Waals surface area contributed by atoms with Crippen molar-refractivity contribution in [3.8, 4) is 0 Å². The van der Waals surface area contributed by atoms with Crippen molar-refractivity contribution >= 4 is 0 Å². The van der Waals surface area contributed by atoms with Gasteiger partial charge >= 0.3 is 0 Å². The predicted octanol–water partition coefficient (Wildman–Crippen LogP) is 4.16. The van der Waals surface area contributed by atoms with Crippen LogP contribution in [0.3, 0.4) is 0 Å². The Bertz CT molecular complexity index is 544. The molecular weight excluding hydrogens is 230 g/mol. The summed E-state index contributed by atoms with van der Waals surface area (Å²) in [7, 11) is 0. The van der Waals surface area contributed by atoms with Crippen LogP contribution >= 0.6 is 0 Å². The molecule has 2 aromatic rings. The van der Waals surface area contributed by atoms with E-state index in [1.165, 1.54) is 33.4 Å². The molecular formula is C18H23N. The molecule has 0 spiro atoms. The van der Waals surface area contributed by atoms with Gasteiger partial charge in [-0.3, -0.25) is 0 Å². The van der Waals surface area contributed by atoms with Crippen LogP contribution in [0.25, 0.3) is 0 Å². The lowest BCUT2D eigenvalue weighted by Gasteiger charge is -2.21. The average Bonchev–Trinajstić information content (AvgIpc) is 2.38. The molecule has 2 aromatic carbocycles. The topological polar surface area (TPSA) is 26.0 Å². The fraction of sp³-hybridized carbons (Fsp3) is 0.333. The van der Waals surface area contributed by atoms with E-state index >= 15 is 0 Å². The van der Waals surface area contributed by atoms with Crippen molar-refractivity contribution < 1.29 is 0 Å². The van der Waals surface area contributed by atoms with Crippen LogP contribution in [0.4, 0.5) is 0 Å². The first-order valence-electron chi connectivity index (χ1n) is 6.87. The highest BCUT2D eigenvalue weighted by Gasteiger charge is 2.15. The van der Waals surface area contributed by atoms with E-state index in [4.69, 9.17) is 5.73 Å². The number of nitrogens with two attached hydrogens (primary N) is 1. The molecule has 0 aromatic heterocycles. The third-order valence-electron chi connectivity index (χ3n) is 4.09. The summed E-state index contributed by atoms with van der Waals surface area (Å²) in [5.41, 5.74) is 14.4. The van der Waals surface area contributed by atoms with Gasteiger partial charge in [0.25, 0.3) is 0 Å². The second-order valence-electron chi connectivity index (χ2n) is 5.47. The third kappa shape index (κ3) is 2.87. The maximum atomic E-state index is 6.47. The highest BCUT2D eigenvalue weighted by Crippen LogP contribution is 2.28. The molecule has 0 aliphatic carbocycles. The van der Waals surface area contributed by atoms with Gasteiger partial charge in [0, 0.05) is 6.04 Å². The van der Waals surface area contributed by atoms with Crippen LogP contribution < -0.4 is 5.73 Å². The SMILES string of the molecule is Cc1cc(C)c(C)c(C(N)Cc2ccccc2)c1C. The maximum Gasteiger partial charge on any atom is 0.0341 e. The lowest BCUT2D eigenvalue weighted by molar-refractivity contribution is 0.708. The molecule has 0 aliphatic rings. The Morgan fingerprint density at radius 1 is 0.895 bits per heavy atom. The Morgan fingerprint density at radius 2 is 1.42 bits per heavy atom. The number of hydrogen-bond acceptors (Lipinski definition) is 1. The molecule has 2 N–H and O–H groups in total. The Kier molecular flexibility index (Phi) is 4.06. The molecule has 1 nitrogen and oxygen atoms in total. The van der Waals surface area contributed by atoms with Crippen molar-refractivity contribution in [2.45, 2.75) is 40.2 Å².